The number of Topliss-reactive ketones (excluding diaryl/α,β-unsaturated/α-hetero) is 1. The van der Waals surface area contributed by atoms with Gasteiger partial charge in [-0.15, -0.1) is 0 Å². The normalized spacial score (nSPS) is 17.1. The lowest BCUT2D eigenvalue weighted by Crippen LogP contribution is -2.37. The van der Waals surface area contributed by atoms with Crippen molar-refractivity contribution < 1.29 is 4.79 Å². The molecular formula is C20H21Cl2N5O. The number of carbonyl (C=O) groups is 1. The van der Waals surface area contributed by atoms with E-state index in [1.165, 1.54) is 0 Å². The Morgan fingerprint density at radius 2 is 2.07 bits per heavy atom. The molecule has 28 heavy (non-hydrogen) atoms. The molecule has 0 unspecified atom stereocenters. The summed E-state index contributed by atoms with van der Waals surface area (Å²) in [6, 6.07) is 7.20. The molecule has 0 spiro atoms. The highest BCUT2D eigenvalue weighted by Gasteiger charge is 2.24. The number of nitrogens with zero attached hydrogens (tertiary/aromatic N) is 3. The lowest BCUT2D eigenvalue weighted by molar-refractivity contribution is -0.118. The first-order chi connectivity index (χ1) is 13.6. The summed E-state index contributed by atoms with van der Waals surface area (Å²) < 4.78 is 0. The Labute approximate surface area is 173 Å². The molecule has 3 aromatic rings. The number of nitrogens with one attached hydrogen (secondary N) is 2. The summed E-state index contributed by atoms with van der Waals surface area (Å²) in [6.07, 6.45) is 6.10. The summed E-state index contributed by atoms with van der Waals surface area (Å²) in [4.78, 5) is 26.6. The molecule has 0 saturated carbocycles. The topological polar surface area (TPSA) is 73.9 Å². The first-order valence-corrected chi connectivity index (χ1v) is 10.1. The average molecular weight is 418 g/mol. The predicted molar refractivity (Wildman–Crippen MR) is 113 cm³/mol. The molecule has 2 aromatic heterocycles. The average Bonchev–Trinajstić information content (AvgIpc) is 3.15. The van der Waals surface area contributed by atoms with Gasteiger partial charge < -0.3 is 15.2 Å². The number of halogens is 2. The van der Waals surface area contributed by atoms with Crippen molar-refractivity contribution in [1.82, 2.24) is 15.0 Å². The molecule has 1 atom stereocenters. The second-order valence-corrected chi connectivity index (χ2v) is 8.02. The maximum atomic E-state index is 12.5. The highest BCUT2D eigenvalue weighted by molar-refractivity contribution is 6.35. The Kier molecular flexibility index (Phi) is 5.69. The fourth-order valence-electron chi connectivity index (χ4n) is 3.79. The number of rotatable bonds is 6. The van der Waals surface area contributed by atoms with Crippen LogP contribution in [0.3, 0.4) is 0 Å². The molecule has 0 amide bonds. The van der Waals surface area contributed by atoms with Gasteiger partial charge in [-0.05, 0) is 43.0 Å². The van der Waals surface area contributed by atoms with Crippen molar-refractivity contribution in [3.05, 3.63) is 46.8 Å². The minimum atomic E-state index is 0.178. The fraction of sp³-hybridized carbons (Fsp3) is 0.350. The summed E-state index contributed by atoms with van der Waals surface area (Å²) >= 11 is 12.0. The summed E-state index contributed by atoms with van der Waals surface area (Å²) in [5.74, 6) is 1.43. The highest BCUT2D eigenvalue weighted by atomic mass is 35.5. The SMILES string of the molecule is O=C(CNc1cc(Cl)cc(Cl)c1)C[C@@H]1CCCN(c2ncnc3[nH]ccc23)C1. The summed E-state index contributed by atoms with van der Waals surface area (Å²) in [6.45, 7) is 2.04. The van der Waals surface area contributed by atoms with E-state index in [0.29, 0.717) is 22.4 Å². The lowest BCUT2D eigenvalue weighted by atomic mass is 9.92. The third kappa shape index (κ3) is 4.39. The van der Waals surface area contributed by atoms with Crippen molar-refractivity contribution in [2.45, 2.75) is 19.3 Å². The van der Waals surface area contributed by atoms with Gasteiger partial charge in [-0.2, -0.15) is 0 Å². The molecule has 1 aromatic carbocycles. The zero-order valence-electron chi connectivity index (χ0n) is 15.3. The van der Waals surface area contributed by atoms with Crippen LogP contribution in [0, 0.1) is 5.92 Å². The molecule has 4 rings (SSSR count). The Morgan fingerprint density at radius 3 is 2.89 bits per heavy atom. The first kappa shape index (κ1) is 19.0. The largest absolute Gasteiger partial charge is 0.378 e. The molecule has 0 bridgehead atoms. The van der Waals surface area contributed by atoms with Gasteiger partial charge in [0.2, 0.25) is 0 Å². The number of hydrogen-bond acceptors (Lipinski definition) is 5. The maximum absolute atomic E-state index is 12.5. The Balaban J connectivity index is 1.36. The first-order valence-electron chi connectivity index (χ1n) is 9.33. The molecule has 1 fully saturated rings. The molecule has 1 saturated heterocycles. The number of hydrogen-bond donors (Lipinski definition) is 2. The monoisotopic (exact) mass is 417 g/mol. The molecular weight excluding hydrogens is 397 g/mol. The van der Waals surface area contributed by atoms with Crippen LogP contribution in [0.5, 0.6) is 0 Å². The van der Waals surface area contributed by atoms with Crippen LogP contribution < -0.4 is 10.2 Å². The van der Waals surface area contributed by atoms with Crippen LogP contribution >= 0.6 is 23.2 Å². The molecule has 3 heterocycles. The number of fused-ring (bicyclic) bond motifs is 1. The van der Waals surface area contributed by atoms with E-state index in [-0.39, 0.29) is 12.3 Å². The number of carbonyl (C=O) groups excluding carboxylic acids is 1. The molecule has 1 aliphatic rings. The van der Waals surface area contributed by atoms with Gasteiger partial charge in [-0.3, -0.25) is 4.79 Å². The highest BCUT2D eigenvalue weighted by Crippen LogP contribution is 2.28. The number of ketones is 1. The minimum absolute atomic E-state index is 0.178. The van der Waals surface area contributed by atoms with E-state index in [2.05, 4.69) is 25.2 Å². The van der Waals surface area contributed by atoms with E-state index in [9.17, 15) is 4.79 Å². The number of aromatic nitrogens is 3. The molecule has 0 radical (unpaired) electrons. The fourth-order valence-corrected chi connectivity index (χ4v) is 4.31. The summed E-state index contributed by atoms with van der Waals surface area (Å²) in [5.41, 5.74) is 1.60. The van der Waals surface area contributed by atoms with Crippen LogP contribution in [-0.2, 0) is 4.79 Å². The van der Waals surface area contributed by atoms with E-state index in [1.807, 2.05) is 12.3 Å². The van der Waals surface area contributed by atoms with E-state index in [1.54, 1.807) is 24.5 Å². The number of H-pyrrole nitrogens is 1. The maximum Gasteiger partial charge on any atom is 0.152 e. The third-order valence-corrected chi connectivity index (χ3v) is 5.46. The lowest BCUT2D eigenvalue weighted by Gasteiger charge is -2.33. The van der Waals surface area contributed by atoms with Gasteiger partial charge in [-0.1, -0.05) is 23.2 Å². The smallest absolute Gasteiger partial charge is 0.152 e. The van der Waals surface area contributed by atoms with Gasteiger partial charge in [0.25, 0.3) is 0 Å². The van der Waals surface area contributed by atoms with Crippen LogP contribution in [0.25, 0.3) is 11.0 Å². The zero-order chi connectivity index (χ0) is 19.5. The molecule has 1 aliphatic heterocycles. The second kappa shape index (κ2) is 8.37. The summed E-state index contributed by atoms with van der Waals surface area (Å²) in [7, 11) is 0. The molecule has 8 heteroatoms. The van der Waals surface area contributed by atoms with Gasteiger partial charge in [0.05, 0.1) is 11.9 Å². The number of piperidine rings is 1. The van der Waals surface area contributed by atoms with Crippen molar-refractivity contribution in [3.63, 3.8) is 0 Å². The second-order valence-electron chi connectivity index (χ2n) is 7.15. The van der Waals surface area contributed by atoms with Crippen molar-refractivity contribution in [2.75, 3.05) is 29.9 Å². The Hall–Kier alpha value is -2.31. The van der Waals surface area contributed by atoms with Crippen molar-refractivity contribution in [1.29, 1.82) is 0 Å². The Bertz CT molecular complexity index is 969. The van der Waals surface area contributed by atoms with Crippen LogP contribution in [0.15, 0.2) is 36.8 Å². The van der Waals surface area contributed by atoms with Crippen LogP contribution in [-0.4, -0.2) is 40.4 Å². The molecule has 6 nitrogen and oxygen atoms in total. The van der Waals surface area contributed by atoms with Gasteiger partial charge in [0.15, 0.2) is 5.78 Å². The van der Waals surface area contributed by atoms with E-state index in [4.69, 9.17) is 23.2 Å². The number of benzene rings is 1. The van der Waals surface area contributed by atoms with Crippen LogP contribution in [0.4, 0.5) is 11.5 Å². The number of anilines is 2. The molecule has 0 aliphatic carbocycles. The van der Waals surface area contributed by atoms with Gasteiger partial charge in [-0.25, -0.2) is 9.97 Å². The Morgan fingerprint density at radius 1 is 1.25 bits per heavy atom. The standard InChI is InChI=1S/C20H21Cl2N5O/c21-14-7-15(22)9-16(8-14)24-10-17(28)6-13-2-1-5-27(11-13)20-18-3-4-23-19(18)25-12-26-20/h3-4,7-9,12-13,24H,1-2,5-6,10-11H2,(H,23,25,26)/t13-/m0/s1. The third-order valence-electron chi connectivity index (χ3n) is 5.02. The van der Waals surface area contributed by atoms with Crippen molar-refractivity contribution in [3.8, 4) is 0 Å². The van der Waals surface area contributed by atoms with Gasteiger partial charge in [0.1, 0.15) is 17.8 Å². The quantitative estimate of drug-likeness (QED) is 0.614. The van der Waals surface area contributed by atoms with E-state index < -0.39 is 0 Å². The van der Waals surface area contributed by atoms with E-state index >= 15 is 0 Å². The summed E-state index contributed by atoms with van der Waals surface area (Å²) in [5, 5.41) is 5.24. The van der Waals surface area contributed by atoms with E-state index in [0.717, 1.165) is 48.5 Å². The van der Waals surface area contributed by atoms with Crippen molar-refractivity contribution in [2.24, 2.45) is 5.92 Å². The van der Waals surface area contributed by atoms with Crippen LogP contribution in [0.1, 0.15) is 19.3 Å². The van der Waals surface area contributed by atoms with Gasteiger partial charge >= 0.3 is 0 Å². The van der Waals surface area contributed by atoms with Crippen molar-refractivity contribution >= 4 is 51.5 Å². The van der Waals surface area contributed by atoms with Gasteiger partial charge in [0, 0.05) is 41.4 Å². The predicted octanol–water partition coefficient (Wildman–Crippen LogP) is 4.55. The zero-order valence-corrected chi connectivity index (χ0v) is 16.8. The van der Waals surface area contributed by atoms with Crippen LogP contribution in [0.2, 0.25) is 10.0 Å². The molecule has 2 N–H and O–H groups in total. The minimum Gasteiger partial charge on any atom is -0.378 e. The number of aromatic amines is 1. The molecule has 146 valence electrons.